The number of halogens is 1. The van der Waals surface area contributed by atoms with E-state index in [4.69, 9.17) is 21.1 Å². The van der Waals surface area contributed by atoms with Crippen LogP contribution < -0.4 is 14.8 Å². The first-order valence-corrected chi connectivity index (χ1v) is 8.81. The first-order chi connectivity index (χ1) is 12.9. The van der Waals surface area contributed by atoms with Crippen molar-refractivity contribution in [3.63, 3.8) is 0 Å². The molecule has 0 aliphatic rings. The molecule has 0 fully saturated rings. The molecule has 6 nitrogen and oxygen atoms in total. The van der Waals surface area contributed by atoms with E-state index in [2.05, 4.69) is 5.32 Å². The van der Waals surface area contributed by atoms with Crippen molar-refractivity contribution in [1.29, 1.82) is 0 Å². The second-order valence-corrected chi connectivity index (χ2v) is 6.43. The number of amides is 2. The Morgan fingerprint density at radius 2 is 1.81 bits per heavy atom. The van der Waals surface area contributed by atoms with Gasteiger partial charge in [-0.05, 0) is 42.3 Å². The van der Waals surface area contributed by atoms with Crippen LogP contribution in [-0.4, -0.2) is 44.5 Å². The number of carbonyl (C=O) groups is 2. The number of hydrogen-bond acceptors (Lipinski definition) is 4. The topological polar surface area (TPSA) is 67.9 Å². The van der Waals surface area contributed by atoms with Crippen LogP contribution in [0.15, 0.2) is 42.5 Å². The number of nitrogens with zero attached hydrogens (tertiary/aromatic N) is 1. The van der Waals surface area contributed by atoms with Gasteiger partial charge in [-0.3, -0.25) is 9.59 Å². The summed E-state index contributed by atoms with van der Waals surface area (Å²) in [5.74, 6) is 0.865. The van der Waals surface area contributed by atoms with E-state index >= 15 is 0 Å². The summed E-state index contributed by atoms with van der Waals surface area (Å²) < 4.78 is 10.5. The standard InChI is InChI=1S/C20H23ClN2O4/c1-23(13-19(24)22-16-6-4-5-15(21)12-16)20(25)10-8-14-7-9-17(26-2)18(11-14)27-3/h4-7,9,11-12H,8,10,13H2,1-3H3,(H,22,24). The summed E-state index contributed by atoms with van der Waals surface area (Å²) in [7, 11) is 4.75. The van der Waals surface area contributed by atoms with Crippen molar-refractivity contribution in [3.8, 4) is 11.5 Å². The van der Waals surface area contributed by atoms with E-state index in [1.165, 1.54) is 4.90 Å². The largest absolute Gasteiger partial charge is 0.493 e. The van der Waals surface area contributed by atoms with Crippen LogP contribution in [0.1, 0.15) is 12.0 Å². The van der Waals surface area contributed by atoms with Crippen molar-refractivity contribution in [2.75, 3.05) is 33.1 Å². The van der Waals surface area contributed by atoms with Gasteiger partial charge < -0.3 is 19.7 Å². The van der Waals surface area contributed by atoms with Crippen LogP contribution >= 0.6 is 11.6 Å². The van der Waals surface area contributed by atoms with Gasteiger partial charge in [-0.1, -0.05) is 23.7 Å². The zero-order chi connectivity index (χ0) is 19.8. The molecule has 27 heavy (non-hydrogen) atoms. The first-order valence-electron chi connectivity index (χ1n) is 8.43. The fraction of sp³-hybridized carbons (Fsp3) is 0.300. The maximum atomic E-state index is 12.3. The Labute approximate surface area is 164 Å². The van der Waals surface area contributed by atoms with Crippen LogP contribution in [0.25, 0.3) is 0 Å². The van der Waals surface area contributed by atoms with Crippen LogP contribution in [-0.2, 0) is 16.0 Å². The summed E-state index contributed by atoms with van der Waals surface area (Å²) in [6.07, 6.45) is 0.829. The fourth-order valence-corrected chi connectivity index (χ4v) is 2.74. The molecule has 2 rings (SSSR count). The molecule has 2 aromatic rings. The molecule has 0 radical (unpaired) electrons. The second-order valence-electron chi connectivity index (χ2n) is 6.00. The van der Waals surface area contributed by atoms with Gasteiger partial charge in [0, 0.05) is 24.2 Å². The molecule has 0 aliphatic heterocycles. The van der Waals surface area contributed by atoms with Crippen molar-refractivity contribution >= 4 is 29.1 Å². The maximum Gasteiger partial charge on any atom is 0.243 e. The molecule has 0 atom stereocenters. The summed E-state index contributed by atoms with van der Waals surface area (Å²) >= 11 is 5.89. The lowest BCUT2D eigenvalue weighted by atomic mass is 10.1. The maximum absolute atomic E-state index is 12.3. The SMILES string of the molecule is COc1ccc(CCC(=O)N(C)CC(=O)Nc2cccc(Cl)c2)cc1OC. The van der Waals surface area contributed by atoms with Gasteiger partial charge in [-0.2, -0.15) is 0 Å². The Hall–Kier alpha value is -2.73. The molecule has 0 aliphatic carbocycles. The Kier molecular flexibility index (Phi) is 7.49. The molecule has 1 N–H and O–H groups in total. The molecular formula is C20H23ClN2O4. The van der Waals surface area contributed by atoms with Gasteiger partial charge in [0.05, 0.1) is 20.8 Å². The zero-order valence-electron chi connectivity index (χ0n) is 15.6. The van der Waals surface area contributed by atoms with Gasteiger partial charge in [0.1, 0.15) is 0 Å². The van der Waals surface area contributed by atoms with E-state index in [0.717, 1.165) is 5.56 Å². The minimum absolute atomic E-state index is 0.0305. The molecule has 0 spiro atoms. The molecule has 7 heteroatoms. The number of rotatable bonds is 8. The zero-order valence-corrected chi connectivity index (χ0v) is 16.4. The third-order valence-electron chi connectivity index (χ3n) is 3.99. The smallest absolute Gasteiger partial charge is 0.243 e. The quantitative estimate of drug-likeness (QED) is 0.750. The van der Waals surface area contributed by atoms with E-state index in [-0.39, 0.29) is 24.8 Å². The van der Waals surface area contributed by atoms with Gasteiger partial charge >= 0.3 is 0 Å². The Morgan fingerprint density at radius 1 is 1.07 bits per heavy atom. The van der Waals surface area contributed by atoms with Crippen molar-refractivity contribution in [2.24, 2.45) is 0 Å². The van der Waals surface area contributed by atoms with E-state index in [1.54, 1.807) is 51.6 Å². The molecule has 0 bridgehead atoms. The lowest BCUT2D eigenvalue weighted by Crippen LogP contribution is -2.35. The number of carbonyl (C=O) groups excluding carboxylic acids is 2. The van der Waals surface area contributed by atoms with Gasteiger partial charge in [-0.25, -0.2) is 0 Å². The van der Waals surface area contributed by atoms with Crippen LogP contribution in [0.3, 0.4) is 0 Å². The molecule has 0 heterocycles. The first kappa shape index (κ1) is 20.6. The number of anilines is 1. The van der Waals surface area contributed by atoms with Crippen LogP contribution in [0.4, 0.5) is 5.69 Å². The summed E-state index contributed by atoms with van der Waals surface area (Å²) in [6.45, 7) is -0.0305. The van der Waals surface area contributed by atoms with Crippen molar-refractivity contribution in [1.82, 2.24) is 4.90 Å². The third-order valence-corrected chi connectivity index (χ3v) is 4.23. The second kappa shape index (κ2) is 9.83. The van der Waals surface area contributed by atoms with Crippen LogP contribution in [0.5, 0.6) is 11.5 Å². The fourth-order valence-electron chi connectivity index (χ4n) is 2.55. The van der Waals surface area contributed by atoms with Crippen LogP contribution in [0, 0.1) is 0 Å². The molecule has 0 aromatic heterocycles. The average molecular weight is 391 g/mol. The summed E-state index contributed by atoms with van der Waals surface area (Å²) in [6, 6.07) is 12.4. The van der Waals surface area contributed by atoms with Crippen molar-refractivity contribution in [2.45, 2.75) is 12.8 Å². The Balaban J connectivity index is 1.85. The molecule has 0 saturated carbocycles. The van der Waals surface area contributed by atoms with Gasteiger partial charge in [0.2, 0.25) is 11.8 Å². The number of benzene rings is 2. The number of hydrogen-bond donors (Lipinski definition) is 1. The highest BCUT2D eigenvalue weighted by molar-refractivity contribution is 6.30. The van der Waals surface area contributed by atoms with E-state index < -0.39 is 0 Å². The molecule has 144 valence electrons. The van der Waals surface area contributed by atoms with Gasteiger partial charge in [-0.15, -0.1) is 0 Å². The van der Waals surface area contributed by atoms with Crippen LogP contribution in [0.2, 0.25) is 5.02 Å². The lowest BCUT2D eigenvalue weighted by molar-refractivity contribution is -0.133. The van der Waals surface area contributed by atoms with Crippen molar-refractivity contribution < 1.29 is 19.1 Å². The van der Waals surface area contributed by atoms with E-state index in [9.17, 15) is 9.59 Å². The number of likely N-dealkylation sites (N-methyl/N-ethyl adjacent to an activating group) is 1. The molecule has 2 aromatic carbocycles. The monoisotopic (exact) mass is 390 g/mol. The van der Waals surface area contributed by atoms with E-state index in [0.29, 0.717) is 28.6 Å². The molecule has 2 amide bonds. The highest BCUT2D eigenvalue weighted by Gasteiger charge is 2.14. The number of aryl methyl sites for hydroxylation is 1. The highest BCUT2D eigenvalue weighted by atomic mass is 35.5. The summed E-state index contributed by atoms with van der Waals surface area (Å²) in [5, 5.41) is 3.26. The number of nitrogens with one attached hydrogen (secondary N) is 1. The predicted molar refractivity (Wildman–Crippen MR) is 106 cm³/mol. The normalized spacial score (nSPS) is 10.2. The minimum Gasteiger partial charge on any atom is -0.493 e. The predicted octanol–water partition coefficient (Wildman–Crippen LogP) is 3.39. The summed E-state index contributed by atoms with van der Waals surface area (Å²) in [4.78, 5) is 25.8. The van der Waals surface area contributed by atoms with Crippen molar-refractivity contribution in [3.05, 3.63) is 53.1 Å². The molecular weight excluding hydrogens is 368 g/mol. The third kappa shape index (κ3) is 6.18. The lowest BCUT2D eigenvalue weighted by Gasteiger charge is -2.17. The van der Waals surface area contributed by atoms with E-state index in [1.807, 2.05) is 12.1 Å². The average Bonchev–Trinajstić information content (AvgIpc) is 2.65. The number of methoxy groups -OCH3 is 2. The summed E-state index contributed by atoms with van der Waals surface area (Å²) in [5.41, 5.74) is 1.55. The Bertz CT molecular complexity index is 810. The highest BCUT2D eigenvalue weighted by Crippen LogP contribution is 2.28. The Morgan fingerprint density at radius 3 is 2.48 bits per heavy atom. The van der Waals surface area contributed by atoms with Gasteiger partial charge in [0.15, 0.2) is 11.5 Å². The minimum atomic E-state index is -0.278. The number of ether oxygens (including phenoxy) is 2. The van der Waals surface area contributed by atoms with Gasteiger partial charge in [0.25, 0.3) is 0 Å². The molecule has 0 unspecified atom stereocenters. The molecule has 0 saturated heterocycles.